The SMILES string of the molecule is COc1ccc(C(OCC2OC(n3cc(C)c(=O)n(C(=O)c4ccc(C)cc4)c3=O)CC2O)(c2ccccc2)c2ccc(OC)cc2)cc1. The number of hydrogen-bond donors (Lipinski definition) is 1. The fourth-order valence-corrected chi connectivity index (χ4v) is 6.23. The van der Waals surface area contributed by atoms with Crippen molar-refractivity contribution in [1.82, 2.24) is 9.13 Å². The normalized spacial score (nSPS) is 17.5. The van der Waals surface area contributed by atoms with Gasteiger partial charge in [0.2, 0.25) is 0 Å². The van der Waals surface area contributed by atoms with Gasteiger partial charge in [-0.2, -0.15) is 4.57 Å². The minimum absolute atomic E-state index is 0.0354. The lowest BCUT2D eigenvalue weighted by atomic mass is 9.80. The highest BCUT2D eigenvalue weighted by Crippen LogP contribution is 2.42. The molecule has 1 aliphatic heterocycles. The monoisotopic (exact) mass is 662 g/mol. The predicted molar refractivity (Wildman–Crippen MR) is 183 cm³/mol. The number of aliphatic hydroxyl groups excluding tert-OH is 1. The van der Waals surface area contributed by atoms with Crippen LogP contribution >= 0.6 is 0 Å². The zero-order valence-electron chi connectivity index (χ0n) is 27.7. The van der Waals surface area contributed by atoms with Gasteiger partial charge >= 0.3 is 5.69 Å². The van der Waals surface area contributed by atoms with E-state index < -0.39 is 41.2 Å². The quantitative estimate of drug-likeness (QED) is 0.208. The Balaban J connectivity index is 1.35. The minimum Gasteiger partial charge on any atom is -0.497 e. The first-order valence-electron chi connectivity index (χ1n) is 15.9. The lowest BCUT2D eigenvalue weighted by Gasteiger charge is -2.37. The number of aryl methyl sites for hydroxylation is 2. The zero-order chi connectivity index (χ0) is 34.7. The molecule has 10 nitrogen and oxygen atoms in total. The van der Waals surface area contributed by atoms with Crippen LogP contribution in [0, 0.1) is 13.8 Å². The van der Waals surface area contributed by atoms with Gasteiger partial charge in [-0.1, -0.05) is 72.3 Å². The number of nitrogens with zero attached hydrogens (tertiary/aromatic N) is 2. The summed E-state index contributed by atoms with van der Waals surface area (Å²) < 4.78 is 25.9. The Kier molecular flexibility index (Phi) is 9.64. The maximum atomic E-state index is 13.7. The molecule has 0 aliphatic carbocycles. The highest BCUT2D eigenvalue weighted by atomic mass is 16.6. The van der Waals surface area contributed by atoms with E-state index in [9.17, 15) is 19.5 Å². The molecule has 0 saturated carbocycles. The van der Waals surface area contributed by atoms with Crippen molar-refractivity contribution in [3.05, 3.63) is 164 Å². The summed E-state index contributed by atoms with van der Waals surface area (Å²) in [5.41, 5.74) is 1.05. The number of rotatable bonds is 10. The minimum atomic E-state index is -1.15. The van der Waals surface area contributed by atoms with Gasteiger partial charge in [0.15, 0.2) is 0 Å². The Labute approximate surface area is 283 Å². The van der Waals surface area contributed by atoms with E-state index in [4.69, 9.17) is 18.9 Å². The van der Waals surface area contributed by atoms with Crippen LogP contribution in [0.15, 0.2) is 119 Å². The van der Waals surface area contributed by atoms with Crippen molar-refractivity contribution in [1.29, 1.82) is 0 Å². The summed E-state index contributed by atoms with van der Waals surface area (Å²) in [6.07, 6.45) is -1.43. The van der Waals surface area contributed by atoms with E-state index in [0.29, 0.717) is 16.1 Å². The summed E-state index contributed by atoms with van der Waals surface area (Å²) >= 11 is 0. The lowest BCUT2D eigenvalue weighted by Crippen LogP contribution is -2.45. The van der Waals surface area contributed by atoms with Crippen LogP contribution in [0.1, 0.15) is 50.8 Å². The lowest BCUT2D eigenvalue weighted by molar-refractivity contribution is -0.0945. The summed E-state index contributed by atoms with van der Waals surface area (Å²) in [5, 5.41) is 11.3. The Morgan fingerprint density at radius 2 is 1.37 bits per heavy atom. The molecule has 10 heteroatoms. The zero-order valence-corrected chi connectivity index (χ0v) is 27.7. The molecular formula is C39H38N2O8. The van der Waals surface area contributed by atoms with Crippen molar-refractivity contribution < 1.29 is 28.8 Å². The van der Waals surface area contributed by atoms with Gasteiger partial charge in [-0.15, -0.1) is 0 Å². The van der Waals surface area contributed by atoms with Crippen molar-refractivity contribution in [2.75, 3.05) is 20.8 Å². The van der Waals surface area contributed by atoms with Gasteiger partial charge in [0, 0.05) is 23.7 Å². The Bertz CT molecular complexity index is 1990. The van der Waals surface area contributed by atoms with Crippen LogP contribution in [-0.2, 0) is 15.1 Å². The maximum Gasteiger partial charge on any atom is 0.340 e. The number of ether oxygens (including phenoxy) is 4. The van der Waals surface area contributed by atoms with E-state index in [2.05, 4.69) is 0 Å². The summed E-state index contributed by atoms with van der Waals surface area (Å²) in [6, 6.07) is 31.5. The van der Waals surface area contributed by atoms with Crippen LogP contribution in [0.3, 0.4) is 0 Å². The van der Waals surface area contributed by atoms with E-state index in [1.54, 1.807) is 38.5 Å². The number of carbonyl (C=O) groups is 1. The highest BCUT2D eigenvalue weighted by molar-refractivity contribution is 5.95. The molecule has 252 valence electrons. The fraction of sp³-hybridized carbons (Fsp3) is 0.256. The van der Waals surface area contributed by atoms with Gasteiger partial charge in [-0.25, -0.2) is 4.79 Å². The van der Waals surface area contributed by atoms with Gasteiger partial charge in [0.05, 0.1) is 26.9 Å². The first-order valence-corrected chi connectivity index (χ1v) is 15.9. The summed E-state index contributed by atoms with van der Waals surface area (Å²) in [6.45, 7) is 3.34. The molecule has 49 heavy (non-hydrogen) atoms. The largest absolute Gasteiger partial charge is 0.497 e. The van der Waals surface area contributed by atoms with Crippen molar-refractivity contribution in [3.63, 3.8) is 0 Å². The third-order valence-corrected chi connectivity index (χ3v) is 8.94. The first-order chi connectivity index (χ1) is 23.7. The van der Waals surface area contributed by atoms with E-state index in [0.717, 1.165) is 22.3 Å². The standard InChI is InChI=1S/C39H38N2O8/c1-25-10-12-27(13-11-25)37(44)41-36(43)26(2)23-40(38(41)45)35-22-33(42)34(49-35)24-48-39(28-8-6-5-7-9-28,29-14-18-31(46-3)19-15-29)30-16-20-32(47-4)21-17-30/h5-21,23,33-35,42H,22,24H2,1-4H3. The fourth-order valence-electron chi connectivity index (χ4n) is 6.23. The summed E-state index contributed by atoms with van der Waals surface area (Å²) in [5.74, 6) is 0.624. The molecule has 6 rings (SSSR count). The molecule has 1 saturated heterocycles. The van der Waals surface area contributed by atoms with E-state index in [-0.39, 0.29) is 24.2 Å². The Morgan fingerprint density at radius 3 is 1.92 bits per heavy atom. The molecule has 0 bridgehead atoms. The smallest absolute Gasteiger partial charge is 0.340 e. The topological polar surface area (TPSA) is 118 Å². The number of benzene rings is 4. The van der Waals surface area contributed by atoms with E-state index in [1.165, 1.54) is 17.7 Å². The molecule has 1 N–H and O–H groups in total. The van der Waals surface area contributed by atoms with Crippen molar-refractivity contribution in [2.45, 2.75) is 44.3 Å². The van der Waals surface area contributed by atoms with Gasteiger partial charge in [-0.3, -0.25) is 14.2 Å². The maximum absolute atomic E-state index is 13.7. The Morgan fingerprint density at radius 1 is 0.816 bits per heavy atom. The van der Waals surface area contributed by atoms with Crippen LogP contribution < -0.4 is 20.7 Å². The van der Waals surface area contributed by atoms with Crippen LogP contribution in [0.5, 0.6) is 11.5 Å². The van der Waals surface area contributed by atoms with E-state index >= 15 is 0 Å². The van der Waals surface area contributed by atoms with Gasteiger partial charge in [0.1, 0.15) is 29.4 Å². The number of hydrogen-bond acceptors (Lipinski definition) is 8. The molecule has 1 fully saturated rings. The molecule has 1 aliphatic rings. The molecule has 1 aromatic heterocycles. The van der Waals surface area contributed by atoms with Crippen molar-refractivity contribution in [2.24, 2.45) is 0 Å². The molecule has 5 aromatic rings. The third kappa shape index (κ3) is 6.46. The van der Waals surface area contributed by atoms with Crippen molar-refractivity contribution >= 4 is 5.91 Å². The molecule has 4 aromatic carbocycles. The molecular weight excluding hydrogens is 624 g/mol. The molecule has 0 radical (unpaired) electrons. The molecule has 0 spiro atoms. The highest BCUT2D eigenvalue weighted by Gasteiger charge is 2.42. The molecule has 2 heterocycles. The van der Waals surface area contributed by atoms with Crippen LogP contribution in [0.25, 0.3) is 0 Å². The second kappa shape index (κ2) is 14.1. The van der Waals surface area contributed by atoms with Gasteiger partial charge in [0.25, 0.3) is 11.5 Å². The number of methoxy groups -OCH3 is 2. The van der Waals surface area contributed by atoms with Gasteiger partial charge < -0.3 is 24.1 Å². The van der Waals surface area contributed by atoms with Crippen LogP contribution in [0.2, 0.25) is 0 Å². The second-order valence-corrected chi connectivity index (χ2v) is 12.1. The third-order valence-electron chi connectivity index (χ3n) is 8.94. The van der Waals surface area contributed by atoms with E-state index in [1.807, 2.05) is 85.8 Å². The van der Waals surface area contributed by atoms with Crippen LogP contribution in [-0.4, -0.2) is 53.2 Å². The Hall–Kier alpha value is -5.29. The predicted octanol–water partition coefficient (Wildman–Crippen LogP) is 4.99. The molecule has 3 unspecified atom stereocenters. The van der Waals surface area contributed by atoms with Crippen molar-refractivity contribution in [3.8, 4) is 11.5 Å². The summed E-state index contributed by atoms with van der Waals surface area (Å²) in [7, 11) is 3.21. The van der Waals surface area contributed by atoms with Gasteiger partial charge in [-0.05, 0) is 66.9 Å². The molecule has 0 amide bonds. The summed E-state index contributed by atoms with van der Waals surface area (Å²) in [4.78, 5) is 40.1. The second-order valence-electron chi connectivity index (χ2n) is 12.1. The number of carbonyl (C=O) groups excluding carboxylic acids is 1. The number of aromatic nitrogens is 2. The average Bonchev–Trinajstić information content (AvgIpc) is 3.51. The number of aliphatic hydroxyl groups is 1. The first kappa shape index (κ1) is 33.6. The average molecular weight is 663 g/mol. The molecule has 3 atom stereocenters. The van der Waals surface area contributed by atoms with Crippen LogP contribution in [0.4, 0.5) is 0 Å².